The third-order valence-electron chi connectivity index (χ3n) is 7.90. The molecule has 4 saturated heterocycles. The minimum Gasteiger partial charge on any atom is -0.339 e. The molecular formula is C24H33FN4O2. The molecule has 2 unspecified atom stereocenters. The summed E-state index contributed by atoms with van der Waals surface area (Å²) in [7, 11) is 0. The van der Waals surface area contributed by atoms with Gasteiger partial charge in [0.2, 0.25) is 5.91 Å². The second kappa shape index (κ2) is 8.41. The third-order valence-corrected chi connectivity index (χ3v) is 7.90. The lowest BCUT2D eigenvalue weighted by Crippen LogP contribution is -2.62. The number of aryl methyl sites for hydroxylation is 1. The van der Waals surface area contributed by atoms with Crippen molar-refractivity contribution in [2.75, 3.05) is 38.0 Å². The van der Waals surface area contributed by atoms with Crippen molar-refractivity contribution < 1.29 is 14.0 Å². The number of fused-ring (bicyclic) bond motifs is 4. The van der Waals surface area contributed by atoms with Crippen LogP contribution in [0.4, 0.5) is 14.9 Å². The van der Waals surface area contributed by atoms with Crippen LogP contribution in [0.5, 0.6) is 0 Å². The first-order chi connectivity index (χ1) is 15.0. The van der Waals surface area contributed by atoms with Crippen LogP contribution in [0.25, 0.3) is 0 Å². The number of likely N-dealkylation sites (tertiary alicyclic amines) is 2. The number of anilines is 1. The molecule has 4 aliphatic rings. The van der Waals surface area contributed by atoms with Crippen LogP contribution < -0.4 is 5.32 Å². The van der Waals surface area contributed by atoms with Crippen LogP contribution in [0, 0.1) is 24.6 Å². The first kappa shape index (κ1) is 20.7. The normalized spacial score (nSPS) is 29.6. The Morgan fingerprint density at radius 2 is 1.94 bits per heavy atom. The number of carbonyl (C=O) groups is 2. The maximum absolute atomic E-state index is 13.8. The van der Waals surface area contributed by atoms with E-state index >= 15 is 0 Å². The zero-order valence-electron chi connectivity index (χ0n) is 18.4. The molecule has 4 aliphatic heterocycles. The van der Waals surface area contributed by atoms with E-state index in [2.05, 4.69) is 15.1 Å². The van der Waals surface area contributed by atoms with Crippen molar-refractivity contribution in [1.82, 2.24) is 14.7 Å². The minimum atomic E-state index is -0.301. The van der Waals surface area contributed by atoms with Crippen molar-refractivity contribution in [3.63, 3.8) is 0 Å². The highest BCUT2D eigenvalue weighted by atomic mass is 19.1. The number of nitrogens with one attached hydrogen (secondary N) is 1. The number of urea groups is 1. The summed E-state index contributed by atoms with van der Waals surface area (Å²) >= 11 is 0. The van der Waals surface area contributed by atoms with Crippen molar-refractivity contribution in [2.45, 2.75) is 57.5 Å². The molecule has 5 rings (SSSR count). The Hall–Kier alpha value is -2.15. The van der Waals surface area contributed by atoms with Crippen molar-refractivity contribution in [2.24, 2.45) is 11.8 Å². The average molecular weight is 429 g/mol. The number of benzene rings is 1. The summed E-state index contributed by atoms with van der Waals surface area (Å²) in [6.45, 7) is 6.27. The first-order valence-corrected chi connectivity index (χ1v) is 11.8. The molecule has 0 aromatic heterocycles. The summed E-state index contributed by atoms with van der Waals surface area (Å²) in [5, 5.41) is 2.84. The molecule has 6 nitrogen and oxygen atoms in total. The van der Waals surface area contributed by atoms with Crippen LogP contribution in [0.15, 0.2) is 18.2 Å². The van der Waals surface area contributed by atoms with Gasteiger partial charge in [-0.2, -0.15) is 0 Å². The number of nitrogens with zero attached hydrogens (tertiary/aromatic N) is 3. The predicted molar refractivity (Wildman–Crippen MR) is 117 cm³/mol. The quantitative estimate of drug-likeness (QED) is 0.785. The highest BCUT2D eigenvalue weighted by Crippen LogP contribution is 2.39. The van der Waals surface area contributed by atoms with Gasteiger partial charge in [-0.3, -0.25) is 9.69 Å². The van der Waals surface area contributed by atoms with Gasteiger partial charge in [-0.1, -0.05) is 6.07 Å². The van der Waals surface area contributed by atoms with E-state index < -0.39 is 0 Å². The molecular weight excluding hydrogens is 395 g/mol. The smallest absolute Gasteiger partial charge is 0.321 e. The zero-order chi connectivity index (χ0) is 21.5. The predicted octanol–water partition coefficient (Wildman–Crippen LogP) is 3.46. The molecule has 0 aliphatic carbocycles. The molecule has 1 aromatic rings. The summed E-state index contributed by atoms with van der Waals surface area (Å²) in [4.78, 5) is 31.7. The number of halogens is 1. The number of rotatable bonds is 2. The fourth-order valence-electron chi connectivity index (χ4n) is 6.25. The molecule has 4 fully saturated rings. The van der Waals surface area contributed by atoms with E-state index in [9.17, 15) is 14.0 Å². The van der Waals surface area contributed by atoms with Crippen LogP contribution in [-0.4, -0.2) is 71.4 Å². The topological polar surface area (TPSA) is 55.9 Å². The number of hydrogen-bond donors (Lipinski definition) is 1. The van der Waals surface area contributed by atoms with Crippen molar-refractivity contribution in [3.05, 3.63) is 29.6 Å². The molecule has 3 atom stereocenters. The largest absolute Gasteiger partial charge is 0.339 e. The average Bonchev–Trinajstić information content (AvgIpc) is 2.77. The van der Waals surface area contributed by atoms with Gasteiger partial charge in [0, 0.05) is 56.9 Å². The number of carbonyl (C=O) groups excluding carboxylic acids is 2. The lowest BCUT2D eigenvalue weighted by Gasteiger charge is -2.54. The Morgan fingerprint density at radius 3 is 2.71 bits per heavy atom. The SMILES string of the molecule is Cc1ccc(NC(=O)N2CCC(N3CC4CC(C3)[C@H]3CCCC(=O)N3C4)CC2)cc1F. The van der Waals surface area contributed by atoms with E-state index in [1.54, 1.807) is 19.1 Å². The second-order valence-electron chi connectivity index (χ2n) is 9.93. The van der Waals surface area contributed by atoms with E-state index in [1.807, 2.05) is 4.90 Å². The van der Waals surface area contributed by atoms with E-state index in [-0.39, 0.29) is 11.8 Å². The number of piperidine rings is 4. The van der Waals surface area contributed by atoms with Gasteiger partial charge in [0.15, 0.2) is 0 Å². The molecule has 1 aromatic carbocycles. The Balaban J connectivity index is 1.15. The molecule has 7 heteroatoms. The number of hydrogen-bond acceptors (Lipinski definition) is 3. The standard InChI is InChI=1S/C24H33FN4O2/c1-16-5-6-19(12-21(16)25)26-24(31)27-9-7-20(8-10-27)28-13-17-11-18(15-28)22-3-2-4-23(30)29(22)14-17/h5-6,12,17-18,20,22H,2-4,7-11,13-15H2,1H3,(H,26,31)/t17?,18?,22-/m1/s1. The van der Waals surface area contributed by atoms with E-state index in [0.717, 1.165) is 64.8 Å². The van der Waals surface area contributed by atoms with Crippen LogP contribution in [-0.2, 0) is 4.79 Å². The van der Waals surface area contributed by atoms with Crippen molar-refractivity contribution in [3.8, 4) is 0 Å². The lowest BCUT2D eigenvalue weighted by atomic mass is 9.75. The molecule has 3 amide bonds. The molecule has 2 bridgehead atoms. The van der Waals surface area contributed by atoms with Crippen LogP contribution in [0.3, 0.4) is 0 Å². The third kappa shape index (κ3) is 4.16. The highest BCUT2D eigenvalue weighted by Gasteiger charge is 2.45. The Kier molecular flexibility index (Phi) is 5.63. The van der Waals surface area contributed by atoms with Gasteiger partial charge in [0.05, 0.1) is 0 Å². The minimum absolute atomic E-state index is 0.145. The maximum Gasteiger partial charge on any atom is 0.321 e. The number of amides is 3. The van der Waals surface area contributed by atoms with Crippen molar-refractivity contribution in [1.29, 1.82) is 0 Å². The van der Waals surface area contributed by atoms with E-state index in [1.165, 1.54) is 12.5 Å². The van der Waals surface area contributed by atoms with Gasteiger partial charge in [-0.25, -0.2) is 9.18 Å². The molecule has 0 radical (unpaired) electrons. The highest BCUT2D eigenvalue weighted by molar-refractivity contribution is 5.89. The summed E-state index contributed by atoms with van der Waals surface area (Å²) in [5.74, 6) is 1.27. The van der Waals surface area contributed by atoms with E-state index in [4.69, 9.17) is 0 Å². The summed E-state index contributed by atoms with van der Waals surface area (Å²) in [6, 6.07) is 5.62. The van der Waals surface area contributed by atoms with Crippen molar-refractivity contribution >= 4 is 17.6 Å². The van der Waals surface area contributed by atoms with Crippen LogP contribution >= 0.6 is 0 Å². The molecule has 1 N–H and O–H groups in total. The molecule has 31 heavy (non-hydrogen) atoms. The Morgan fingerprint density at radius 1 is 1.13 bits per heavy atom. The first-order valence-electron chi connectivity index (χ1n) is 11.8. The van der Waals surface area contributed by atoms with Crippen LogP contribution in [0.2, 0.25) is 0 Å². The molecule has 168 valence electrons. The Labute approximate surface area is 183 Å². The van der Waals surface area contributed by atoms with Gasteiger partial charge >= 0.3 is 6.03 Å². The second-order valence-corrected chi connectivity index (χ2v) is 9.93. The van der Waals surface area contributed by atoms with Crippen LogP contribution in [0.1, 0.15) is 44.1 Å². The fourth-order valence-corrected chi connectivity index (χ4v) is 6.25. The van der Waals surface area contributed by atoms with Gasteiger partial charge in [0.1, 0.15) is 5.82 Å². The monoisotopic (exact) mass is 428 g/mol. The van der Waals surface area contributed by atoms with Gasteiger partial charge in [0.25, 0.3) is 0 Å². The zero-order valence-corrected chi connectivity index (χ0v) is 18.4. The van der Waals surface area contributed by atoms with Gasteiger partial charge in [-0.05, 0) is 68.6 Å². The Bertz CT molecular complexity index is 854. The summed E-state index contributed by atoms with van der Waals surface area (Å²) < 4.78 is 13.8. The van der Waals surface area contributed by atoms with Gasteiger partial charge in [-0.15, -0.1) is 0 Å². The summed E-state index contributed by atoms with van der Waals surface area (Å²) in [6.07, 6.45) is 6.15. The molecule has 0 spiro atoms. The maximum atomic E-state index is 13.8. The van der Waals surface area contributed by atoms with E-state index in [0.29, 0.717) is 41.1 Å². The summed E-state index contributed by atoms with van der Waals surface area (Å²) in [5.41, 5.74) is 1.08. The lowest BCUT2D eigenvalue weighted by molar-refractivity contribution is -0.145. The van der Waals surface area contributed by atoms with Gasteiger partial charge < -0.3 is 15.1 Å². The molecule has 0 saturated carbocycles. The molecule has 4 heterocycles. The fraction of sp³-hybridized carbons (Fsp3) is 0.667.